The van der Waals surface area contributed by atoms with Crippen molar-refractivity contribution < 1.29 is 9.13 Å². The van der Waals surface area contributed by atoms with Crippen LogP contribution in [0.1, 0.15) is 0 Å². The summed E-state index contributed by atoms with van der Waals surface area (Å²) in [6, 6.07) is 10.1. The molecule has 5 rings (SSSR count). The highest BCUT2D eigenvalue weighted by molar-refractivity contribution is 6.43. The molecule has 9 nitrogen and oxygen atoms in total. The van der Waals surface area contributed by atoms with Crippen LogP contribution >= 0.6 is 23.2 Å². The number of anilines is 5. The van der Waals surface area contributed by atoms with E-state index in [-0.39, 0.29) is 15.9 Å². The number of pyridine rings is 1. The third-order valence-corrected chi connectivity index (χ3v) is 6.72. The first-order valence-electron chi connectivity index (χ1n) is 11.1. The molecule has 4 N–H and O–H groups in total. The van der Waals surface area contributed by atoms with E-state index in [1.165, 1.54) is 18.3 Å². The van der Waals surface area contributed by atoms with Crippen molar-refractivity contribution in [2.45, 2.75) is 0 Å². The second-order valence-corrected chi connectivity index (χ2v) is 8.87. The topological polar surface area (TPSA) is 107 Å². The Morgan fingerprint density at radius 3 is 2.61 bits per heavy atom. The van der Waals surface area contributed by atoms with E-state index in [1.807, 2.05) is 18.2 Å². The van der Waals surface area contributed by atoms with Crippen molar-refractivity contribution in [2.24, 2.45) is 0 Å². The fourth-order valence-corrected chi connectivity index (χ4v) is 4.43. The lowest BCUT2D eigenvalue weighted by Crippen LogP contribution is -2.43. The minimum Gasteiger partial charge on any atom is -0.494 e. The molecule has 2 aromatic heterocycles. The van der Waals surface area contributed by atoms with E-state index < -0.39 is 11.4 Å². The molecule has 0 radical (unpaired) electrons. The summed E-state index contributed by atoms with van der Waals surface area (Å²) in [6.45, 7) is 3.62. The lowest BCUT2D eigenvalue weighted by molar-refractivity contribution is 0.416. The van der Waals surface area contributed by atoms with E-state index >= 15 is 0 Å². The van der Waals surface area contributed by atoms with Crippen molar-refractivity contribution >= 4 is 62.7 Å². The average Bonchev–Trinajstić information content (AvgIpc) is 2.89. The SMILES string of the molecule is COc1cc(N2CCNCC2)ccc1Nc1nc(Nc2ccc(F)c(Cl)c2Cl)cc2cn[nH]c(=O)c12. The maximum Gasteiger partial charge on any atom is 0.275 e. The number of nitrogens with one attached hydrogen (secondary N) is 4. The van der Waals surface area contributed by atoms with E-state index in [4.69, 9.17) is 27.9 Å². The second-order valence-electron chi connectivity index (χ2n) is 8.11. The molecule has 0 unspecified atom stereocenters. The van der Waals surface area contributed by atoms with E-state index in [2.05, 4.69) is 36.0 Å². The Labute approximate surface area is 215 Å². The summed E-state index contributed by atoms with van der Waals surface area (Å²) >= 11 is 12.2. The molecule has 0 aliphatic carbocycles. The zero-order chi connectivity index (χ0) is 25.2. The van der Waals surface area contributed by atoms with Crippen LogP contribution in [0.25, 0.3) is 10.8 Å². The van der Waals surface area contributed by atoms with Gasteiger partial charge in [-0.25, -0.2) is 14.5 Å². The van der Waals surface area contributed by atoms with Gasteiger partial charge in [0, 0.05) is 43.3 Å². The Morgan fingerprint density at radius 1 is 1.06 bits per heavy atom. The summed E-state index contributed by atoms with van der Waals surface area (Å²) in [4.78, 5) is 19.5. The number of halogens is 3. The molecule has 1 aliphatic rings. The quantitative estimate of drug-likeness (QED) is 0.267. The van der Waals surface area contributed by atoms with Crippen molar-refractivity contribution in [1.82, 2.24) is 20.5 Å². The number of aromatic amines is 1. The fraction of sp³-hybridized carbons (Fsp3) is 0.208. The van der Waals surface area contributed by atoms with Crippen LogP contribution in [0, 0.1) is 5.82 Å². The van der Waals surface area contributed by atoms with Gasteiger partial charge in [0.1, 0.15) is 23.2 Å². The molecule has 0 spiro atoms. The first-order chi connectivity index (χ1) is 17.4. The predicted octanol–water partition coefficient (Wildman–Crippen LogP) is 4.67. The molecule has 0 atom stereocenters. The number of nitrogens with zero attached hydrogens (tertiary/aromatic N) is 3. The molecule has 1 saturated heterocycles. The minimum absolute atomic E-state index is 0.0160. The zero-order valence-electron chi connectivity index (χ0n) is 19.2. The van der Waals surface area contributed by atoms with Crippen LogP contribution in [0.5, 0.6) is 5.75 Å². The van der Waals surface area contributed by atoms with Crippen LogP contribution in [0.15, 0.2) is 47.4 Å². The Hall–Kier alpha value is -3.60. The van der Waals surface area contributed by atoms with E-state index in [9.17, 15) is 9.18 Å². The van der Waals surface area contributed by atoms with Gasteiger partial charge in [0.25, 0.3) is 5.56 Å². The Morgan fingerprint density at radius 2 is 1.83 bits per heavy atom. The van der Waals surface area contributed by atoms with Gasteiger partial charge in [-0.05, 0) is 30.3 Å². The minimum atomic E-state index is -0.631. The van der Waals surface area contributed by atoms with Crippen molar-refractivity contribution in [1.29, 1.82) is 0 Å². The normalized spacial score (nSPS) is 13.6. The highest BCUT2D eigenvalue weighted by Gasteiger charge is 2.17. The molecule has 0 amide bonds. The van der Waals surface area contributed by atoms with Gasteiger partial charge in [-0.3, -0.25) is 4.79 Å². The standard InChI is InChI=1S/C24H22Cl2FN7O2/c1-36-18-11-14(34-8-6-28-7-9-34)2-4-16(18)31-23-20-13(12-29-33-24(20)35)10-19(32-23)30-17-5-3-15(27)21(25)22(17)26/h2-5,10-12,28H,6-9H2,1H3,(H,33,35)(H2,30,31,32). The molecule has 2 aromatic carbocycles. The number of hydrogen-bond donors (Lipinski definition) is 4. The Bertz CT molecular complexity index is 1490. The van der Waals surface area contributed by atoms with Crippen molar-refractivity contribution in [3.63, 3.8) is 0 Å². The second kappa shape index (κ2) is 10.2. The highest BCUT2D eigenvalue weighted by atomic mass is 35.5. The van der Waals surface area contributed by atoms with Crippen LogP contribution in [0.3, 0.4) is 0 Å². The molecular weight excluding hydrogens is 508 g/mol. The first-order valence-corrected chi connectivity index (χ1v) is 11.9. The van der Waals surface area contributed by atoms with E-state index in [0.29, 0.717) is 33.7 Å². The third kappa shape index (κ3) is 4.75. The van der Waals surface area contributed by atoms with E-state index in [0.717, 1.165) is 31.9 Å². The van der Waals surface area contributed by atoms with Gasteiger partial charge >= 0.3 is 0 Å². The number of methoxy groups -OCH3 is 1. The molecule has 36 heavy (non-hydrogen) atoms. The number of benzene rings is 2. The molecule has 12 heteroatoms. The van der Waals surface area contributed by atoms with Gasteiger partial charge in [-0.2, -0.15) is 5.10 Å². The van der Waals surface area contributed by atoms with Crippen LogP contribution in [0.2, 0.25) is 10.0 Å². The molecule has 186 valence electrons. The predicted molar refractivity (Wildman–Crippen MR) is 141 cm³/mol. The maximum absolute atomic E-state index is 13.7. The summed E-state index contributed by atoms with van der Waals surface area (Å²) in [5.74, 6) is 0.584. The molecule has 1 aliphatic heterocycles. The fourth-order valence-electron chi connectivity index (χ4n) is 4.07. The molecule has 3 heterocycles. The van der Waals surface area contributed by atoms with Gasteiger partial charge in [-0.15, -0.1) is 0 Å². The highest BCUT2D eigenvalue weighted by Crippen LogP contribution is 2.36. The Balaban J connectivity index is 1.54. The number of fused-ring (bicyclic) bond motifs is 1. The van der Waals surface area contributed by atoms with Gasteiger partial charge in [-0.1, -0.05) is 23.2 Å². The van der Waals surface area contributed by atoms with Gasteiger partial charge in [0.15, 0.2) is 0 Å². The number of piperazine rings is 1. The number of H-pyrrole nitrogens is 1. The molecule has 0 bridgehead atoms. The smallest absolute Gasteiger partial charge is 0.275 e. The van der Waals surface area contributed by atoms with Crippen molar-refractivity contribution in [3.8, 4) is 5.75 Å². The van der Waals surface area contributed by atoms with Crippen LogP contribution in [0.4, 0.5) is 33.1 Å². The van der Waals surface area contributed by atoms with Crippen LogP contribution in [-0.4, -0.2) is 48.5 Å². The molecule has 4 aromatic rings. The van der Waals surface area contributed by atoms with Gasteiger partial charge < -0.3 is 25.6 Å². The summed E-state index contributed by atoms with van der Waals surface area (Å²) < 4.78 is 19.4. The summed E-state index contributed by atoms with van der Waals surface area (Å²) in [5, 5.41) is 16.6. The first kappa shape index (κ1) is 24.1. The average molecular weight is 530 g/mol. The van der Waals surface area contributed by atoms with Crippen LogP contribution < -0.4 is 31.1 Å². The van der Waals surface area contributed by atoms with E-state index in [1.54, 1.807) is 13.2 Å². The number of hydrogen-bond acceptors (Lipinski definition) is 8. The summed E-state index contributed by atoms with van der Waals surface area (Å²) in [6.07, 6.45) is 1.51. The molecule has 0 saturated carbocycles. The number of rotatable bonds is 6. The Kier molecular flexibility index (Phi) is 6.82. The largest absolute Gasteiger partial charge is 0.494 e. The number of ether oxygens (including phenoxy) is 1. The van der Waals surface area contributed by atoms with Crippen molar-refractivity contribution in [3.05, 3.63) is 68.8 Å². The molecular formula is C24H22Cl2FN7O2. The van der Waals surface area contributed by atoms with Crippen LogP contribution in [-0.2, 0) is 0 Å². The third-order valence-electron chi connectivity index (χ3n) is 5.86. The lowest BCUT2D eigenvalue weighted by atomic mass is 10.2. The summed E-state index contributed by atoms with van der Waals surface area (Å²) in [7, 11) is 1.59. The molecule has 1 fully saturated rings. The number of aromatic nitrogens is 3. The van der Waals surface area contributed by atoms with Gasteiger partial charge in [0.2, 0.25) is 0 Å². The monoisotopic (exact) mass is 529 g/mol. The summed E-state index contributed by atoms with van der Waals surface area (Å²) in [5.41, 5.74) is 1.61. The lowest BCUT2D eigenvalue weighted by Gasteiger charge is -2.30. The van der Waals surface area contributed by atoms with Crippen molar-refractivity contribution in [2.75, 3.05) is 48.8 Å². The van der Waals surface area contributed by atoms with Gasteiger partial charge in [0.05, 0.1) is 40.1 Å². The zero-order valence-corrected chi connectivity index (χ0v) is 20.7. The maximum atomic E-state index is 13.7.